The van der Waals surface area contributed by atoms with Crippen LogP contribution in [0, 0.1) is 13.8 Å². The van der Waals surface area contributed by atoms with Crippen LogP contribution in [-0.4, -0.2) is 12.0 Å². The number of ether oxygens (including phenoxy) is 1. The molecule has 1 amide bonds. The zero-order valence-electron chi connectivity index (χ0n) is 14.3. The molecule has 1 atom stereocenters. The quantitative estimate of drug-likeness (QED) is 0.735. The molecule has 5 nitrogen and oxygen atoms in total. The van der Waals surface area contributed by atoms with Crippen LogP contribution in [0.15, 0.2) is 57.7 Å². The van der Waals surface area contributed by atoms with Gasteiger partial charge < -0.3 is 14.5 Å². The van der Waals surface area contributed by atoms with Gasteiger partial charge in [-0.3, -0.25) is 4.79 Å². The first-order valence-electron chi connectivity index (χ1n) is 8.01. The number of hydrogen-bond acceptors (Lipinski definition) is 4. The third-order valence-electron chi connectivity index (χ3n) is 3.89. The summed E-state index contributed by atoms with van der Waals surface area (Å²) in [6.45, 7) is 5.47. The highest BCUT2D eigenvalue weighted by Gasteiger charge is 2.15. The van der Waals surface area contributed by atoms with Crippen molar-refractivity contribution in [2.75, 3.05) is 5.32 Å². The number of carbonyl (C=O) groups excluding carboxylic acids is 1. The first-order chi connectivity index (χ1) is 11.9. The van der Waals surface area contributed by atoms with Gasteiger partial charge in [0.2, 0.25) is 0 Å². The van der Waals surface area contributed by atoms with Crippen LogP contribution in [0.5, 0.6) is 5.75 Å². The van der Waals surface area contributed by atoms with Crippen molar-refractivity contribution in [2.45, 2.75) is 26.9 Å². The van der Waals surface area contributed by atoms with Crippen LogP contribution in [0.4, 0.5) is 5.69 Å². The number of amides is 1. The molecule has 0 aliphatic carbocycles. The van der Waals surface area contributed by atoms with Gasteiger partial charge in [0.15, 0.2) is 6.10 Å². The molecule has 0 aliphatic heterocycles. The maximum Gasteiger partial charge on any atom is 0.336 e. The molecule has 3 rings (SSSR count). The molecule has 1 N–H and O–H groups in total. The summed E-state index contributed by atoms with van der Waals surface area (Å²) in [6.07, 6.45) is -0.700. The molecule has 0 bridgehead atoms. The van der Waals surface area contributed by atoms with Crippen LogP contribution in [0.3, 0.4) is 0 Å². The second-order valence-corrected chi connectivity index (χ2v) is 6.03. The Kier molecular flexibility index (Phi) is 4.57. The van der Waals surface area contributed by atoms with Gasteiger partial charge in [-0.2, -0.15) is 0 Å². The zero-order valence-corrected chi connectivity index (χ0v) is 14.3. The molecule has 5 heteroatoms. The molecule has 0 fully saturated rings. The van der Waals surface area contributed by atoms with E-state index in [9.17, 15) is 9.59 Å². The topological polar surface area (TPSA) is 68.5 Å². The number of rotatable bonds is 4. The predicted molar refractivity (Wildman–Crippen MR) is 97.1 cm³/mol. The maximum atomic E-state index is 12.3. The van der Waals surface area contributed by atoms with Gasteiger partial charge in [0, 0.05) is 23.2 Å². The van der Waals surface area contributed by atoms with E-state index in [-0.39, 0.29) is 5.91 Å². The smallest absolute Gasteiger partial charge is 0.336 e. The number of anilines is 1. The third kappa shape index (κ3) is 3.88. The van der Waals surface area contributed by atoms with E-state index in [0.29, 0.717) is 11.3 Å². The van der Waals surface area contributed by atoms with Gasteiger partial charge in [-0.05, 0) is 56.2 Å². The van der Waals surface area contributed by atoms with E-state index in [1.807, 2.05) is 44.2 Å². The Labute approximate surface area is 145 Å². The average Bonchev–Trinajstić information content (AvgIpc) is 2.54. The van der Waals surface area contributed by atoms with Crippen LogP contribution in [-0.2, 0) is 4.79 Å². The van der Waals surface area contributed by atoms with E-state index >= 15 is 0 Å². The van der Waals surface area contributed by atoms with E-state index < -0.39 is 11.7 Å². The van der Waals surface area contributed by atoms with Gasteiger partial charge >= 0.3 is 5.63 Å². The summed E-state index contributed by atoms with van der Waals surface area (Å²) in [5.41, 5.74) is 2.65. The molecule has 3 aromatic rings. The SMILES string of the molecule is Cc1cccc(NC(=O)[C@@H](C)Oc2ccc3c(C)cc(=O)oc3c2)c1. The van der Waals surface area contributed by atoms with Gasteiger partial charge in [-0.15, -0.1) is 0 Å². The Morgan fingerprint density at radius 2 is 1.92 bits per heavy atom. The van der Waals surface area contributed by atoms with Gasteiger partial charge in [0.05, 0.1) is 0 Å². The van der Waals surface area contributed by atoms with Crippen LogP contribution >= 0.6 is 0 Å². The summed E-state index contributed by atoms with van der Waals surface area (Å²) >= 11 is 0. The van der Waals surface area contributed by atoms with Crippen molar-refractivity contribution in [1.29, 1.82) is 0 Å². The summed E-state index contributed by atoms with van der Waals surface area (Å²) in [4.78, 5) is 23.8. The van der Waals surface area contributed by atoms with Gasteiger partial charge in [-0.1, -0.05) is 12.1 Å². The van der Waals surface area contributed by atoms with Crippen LogP contribution in [0.25, 0.3) is 11.0 Å². The Morgan fingerprint density at radius 1 is 1.12 bits per heavy atom. The van der Waals surface area contributed by atoms with E-state index in [1.54, 1.807) is 19.1 Å². The lowest BCUT2D eigenvalue weighted by atomic mass is 10.1. The van der Waals surface area contributed by atoms with Crippen molar-refractivity contribution < 1.29 is 13.9 Å². The summed E-state index contributed by atoms with van der Waals surface area (Å²) in [5.74, 6) is 0.213. The Balaban J connectivity index is 1.76. The van der Waals surface area contributed by atoms with Crippen molar-refractivity contribution in [3.63, 3.8) is 0 Å². The molecule has 0 saturated heterocycles. The zero-order chi connectivity index (χ0) is 18.0. The summed E-state index contributed by atoms with van der Waals surface area (Å²) in [6, 6.07) is 14.2. The Bertz CT molecular complexity index is 990. The lowest BCUT2D eigenvalue weighted by molar-refractivity contribution is -0.122. The minimum atomic E-state index is -0.700. The second-order valence-electron chi connectivity index (χ2n) is 6.03. The number of benzene rings is 2. The monoisotopic (exact) mass is 337 g/mol. The fourth-order valence-electron chi connectivity index (χ4n) is 2.60. The molecule has 0 spiro atoms. The molecule has 0 aliphatic rings. The Morgan fingerprint density at radius 3 is 2.68 bits per heavy atom. The van der Waals surface area contributed by atoms with Gasteiger partial charge in [-0.25, -0.2) is 4.79 Å². The molecule has 25 heavy (non-hydrogen) atoms. The maximum absolute atomic E-state index is 12.3. The number of hydrogen-bond donors (Lipinski definition) is 1. The standard InChI is InChI=1S/C20H19NO4/c1-12-5-4-6-15(9-12)21-20(23)14(3)24-16-7-8-17-13(2)10-19(22)25-18(17)11-16/h4-11,14H,1-3H3,(H,21,23)/t14-/m1/s1. The first kappa shape index (κ1) is 16.8. The van der Waals surface area contributed by atoms with Crippen LogP contribution in [0.2, 0.25) is 0 Å². The second kappa shape index (κ2) is 6.81. The van der Waals surface area contributed by atoms with Crippen molar-refractivity contribution in [3.05, 3.63) is 70.1 Å². The Hall–Kier alpha value is -3.08. The molecule has 0 unspecified atom stereocenters. The number of fused-ring (bicyclic) bond motifs is 1. The largest absolute Gasteiger partial charge is 0.481 e. The molecule has 128 valence electrons. The van der Waals surface area contributed by atoms with Crippen molar-refractivity contribution in [1.82, 2.24) is 0 Å². The molecular weight excluding hydrogens is 318 g/mol. The number of aryl methyl sites for hydroxylation is 2. The lowest BCUT2D eigenvalue weighted by Gasteiger charge is -2.15. The van der Waals surface area contributed by atoms with E-state index in [1.165, 1.54) is 6.07 Å². The fourth-order valence-corrected chi connectivity index (χ4v) is 2.60. The van der Waals surface area contributed by atoms with Crippen LogP contribution in [0.1, 0.15) is 18.1 Å². The average molecular weight is 337 g/mol. The van der Waals surface area contributed by atoms with Gasteiger partial charge in [0.1, 0.15) is 11.3 Å². The van der Waals surface area contributed by atoms with Crippen LogP contribution < -0.4 is 15.7 Å². The number of carbonyl (C=O) groups is 1. The highest BCUT2D eigenvalue weighted by molar-refractivity contribution is 5.94. The summed E-state index contributed by atoms with van der Waals surface area (Å²) in [7, 11) is 0. The molecule has 1 heterocycles. The highest BCUT2D eigenvalue weighted by Crippen LogP contribution is 2.23. The molecule has 0 radical (unpaired) electrons. The minimum absolute atomic E-state index is 0.253. The van der Waals surface area contributed by atoms with E-state index in [0.717, 1.165) is 22.2 Å². The third-order valence-corrected chi connectivity index (χ3v) is 3.89. The molecule has 1 aromatic heterocycles. The summed E-state index contributed by atoms with van der Waals surface area (Å²) in [5, 5.41) is 3.66. The normalized spacial score (nSPS) is 12.0. The minimum Gasteiger partial charge on any atom is -0.481 e. The van der Waals surface area contributed by atoms with E-state index in [2.05, 4.69) is 5.32 Å². The molecular formula is C20H19NO4. The van der Waals surface area contributed by atoms with Crippen molar-refractivity contribution >= 4 is 22.6 Å². The number of nitrogens with one attached hydrogen (secondary N) is 1. The lowest BCUT2D eigenvalue weighted by Crippen LogP contribution is -2.30. The summed E-state index contributed by atoms with van der Waals surface area (Å²) < 4.78 is 10.9. The molecule has 0 saturated carbocycles. The fraction of sp³-hybridized carbons (Fsp3) is 0.200. The predicted octanol–water partition coefficient (Wildman–Crippen LogP) is 3.82. The van der Waals surface area contributed by atoms with E-state index in [4.69, 9.17) is 9.15 Å². The molecule has 2 aromatic carbocycles. The van der Waals surface area contributed by atoms with Gasteiger partial charge in [0.25, 0.3) is 5.91 Å². The van der Waals surface area contributed by atoms with Crippen molar-refractivity contribution in [3.8, 4) is 5.75 Å². The highest BCUT2D eigenvalue weighted by atomic mass is 16.5. The van der Waals surface area contributed by atoms with Crippen molar-refractivity contribution in [2.24, 2.45) is 0 Å². The first-order valence-corrected chi connectivity index (χ1v) is 8.01.